The lowest BCUT2D eigenvalue weighted by molar-refractivity contribution is -0.116. The van der Waals surface area contributed by atoms with Crippen LogP contribution >= 0.6 is 11.6 Å². The fraction of sp³-hybridized carbons (Fsp3) is 0.238. The average molecular weight is 427 g/mol. The second kappa shape index (κ2) is 9.29. The van der Waals surface area contributed by atoms with E-state index in [1.54, 1.807) is 24.3 Å². The number of methoxy groups -OCH3 is 2. The van der Waals surface area contributed by atoms with E-state index in [-0.39, 0.29) is 22.9 Å². The molecule has 2 aromatic carbocycles. The summed E-state index contributed by atoms with van der Waals surface area (Å²) in [6.45, 7) is 0.331. The van der Waals surface area contributed by atoms with Crippen molar-refractivity contribution < 1.29 is 14.3 Å². The predicted octanol–water partition coefficient (Wildman–Crippen LogP) is 3.36. The van der Waals surface area contributed by atoms with E-state index in [1.165, 1.54) is 31.2 Å². The summed E-state index contributed by atoms with van der Waals surface area (Å²) in [5.74, 6) is 0.723. The van der Waals surface area contributed by atoms with Crippen LogP contribution in [-0.2, 0) is 11.3 Å². The van der Waals surface area contributed by atoms with Gasteiger partial charge in [-0.1, -0.05) is 11.6 Å². The van der Waals surface area contributed by atoms with Crippen molar-refractivity contribution in [3.8, 4) is 17.6 Å². The third kappa shape index (κ3) is 4.53. The van der Waals surface area contributed by atoms with Crippen LogP contribution in [0.5, 0.6) is 11.5 Å². The number of nitrogens with one attached hydrogen (secondary N) is 1. The summed E-state index contributed by atoms with van der Waals surface area (Å²) < 4.78 is 11.9. The maximum absolute atomic E-state index is 12.7. The minimum absolute atomic E-state index is 0.202. The molecular weight excluding hydrogens is 408 g/mol. The van der Waals surface area contributed by atoms with Crippen LogP contribution in [0.25, 0.3) is 10.9 Å². The summed E-state index contributed by atoms with van der Waals surface area (Å²) in [6.07, 6.45) is 2.10. The van der Waals surface area contributed by atoms with Gasteiger partial charge >= 0.3 is 0 Å². The summed E-state index contributed by atoms with van der Waals surface area (Å²) in [6, 6.07) is 9.89. The zero-order valence-corrected chi connectivity index (χ0v) is 17.2. The first kappa shape index (κ1) is 21.1. The van der Waals surface area contributed by atoms with E-state index in [0.29, 0.717) is 46.6 Å². The van der Waals surface area contributed by atoms with E-state index >= 15 is 0 Å². The summed E-state index contributed by atoms with van der Waals surface area (Å²) in [4.78, 5) is 29.2. The summed E-state index contributed by atoms with van der Waals surface area (Å²) >= 11 is 5.97. The number of carbonyl (C=O) groups excluding carboxylic acids is 1. The minimum atomic E-state index is -0.222. The second-order valence-electron chi connectivity index (χ2n) is 6.43. The largest absolute Gasteiger partial charge is 0.493 e. The van der Waals surface area contributed by atoms with Gasteiger partial charge in [0, 0.05) is 24.7 Å². The van der Waals surface area contributed by atoms with Gasteiger partial charge in [0.2, 0.25) is 5.91 Å². The Kier molecular flexibility index (Phi) is 6.54. The van der Waals surface area contributed by atoms with Gasteiger partial charge in [0.15, 0.2) is 11.5 Å². The first-order valence-corrected chi connectivity index (χ1v) is 9.45. The maximum atomic E-state index is 12.7. The van der Waals surface area contributed by atoms with Gasteiger partial charge in [-0.2, -0.15) is 5.26 Å². The SMILES string of the molecule is COc1cc2ncn(CCCC(=O)Nc3ccc(C#N)c(Cl)c3)c(=O)c2cc1OC. The molecule has 1 heterocycles. The highest BCUT2D eigenvalue weighted by molar-refractivity contribution is 6.32. The lowest BCUT2D eigenvalue weighted by atomic mass is 10.2. The lowest BCUT2D eigenvalue weighted by Crippen LogP contribution is -2.22. The van der Waals surface area contributed by atoms with Crippen LogP contribution in [0.1, 0.15) is 18.4 Å². The van der Waals surface area contributed by atoms with E-state index in [9.17, 15) is 9.59 Å². The van der Waals surface area contributed by atoms with Gasteiger partial charge < -0.3 is 14.8 Å². The van der Waals surface area contributed by atoms with Crippen LogP contribution in [0.15, 0.2) is 41.5 Å². The number of nitrogens with zero attached hydrogens (tertiary/aromatic N) is 3. The number of aromatic nitrogens is 2. The van der Waals surface area contributed by atoms with Crippen molar-refractivity contribution in [2.45, 2.75) is 19.4 Å². The number of nitriles is 1. The Balaban J connectivity index is 1.66. The standard InChI is InChI=1S/C21H19ClN4O4/c1-29-18-9-15-17(10-19(18)30-2)24-12-26(21(15)28)7-3-4-20(27)25-14-6-5-13(11-23)16(22)8-14/h5-6,8-10,12H,3-4,7H2,1-2H3,(H,25,27). The Morgan fingerprint density at radius 3 is 2.63 bits per heavy atom. The number of fused-ring (bicyclic) bond motifs is 1. The van der Waals surface area contributed by atoms with Crippen molar-refractivity contribution in [2.24, 2.45) is 0 Å². The van der Waals surface area contributed by atoms with Crippen molar-refractivity contribution in [3.63, 3.8) is 0 Å². The molecule has 0 atom stereocenters. The molecule has 0 unspecified atom stereocenters. The molecule has 8 nitrogen and oxygen atoms in total. The summed E-state index contributed by atoms with van der Waals surface area (Å²) in [5, 5.41) is 12.3. The van der Waals surface area contributed by atoms with E-state index < -0.39 is 0 Å². The fourth-order valence-electron chi connectivity index (χ4n) is 2.96. The van der Waals surface area contributed by atoms with Crippen molar-refractivity contribution in [3.05, 3.63) is 57.6 Å². The van der Waals surface area contributed by atoms with Gasteiger partial charge in [0.1, 0.15) is 6.07 Å². The van der Waals surface area contributed by atoms with Crippen LogP contribution in [0.3, 0.4) is 0 Å². The van der Waals surface area contributed by atoms with Crippen molar-refractivity contribution in [1.29, 1.82) is 5.26 Å². The number of benzene rings is 2. The molecule has 0 aliphatic carbocycles. The lowest BCUT2D eigenvalue weighted by Gasteiger charge is -2.11. The van der Waals surface area contributed by atoms with E-state index in [1.807, 2.05) is 6.07 Å². The number of amides is 1. The third-order valence-corrected chi connectivity index (χ3v) is 4.82. The molecule has 3 rings (SSSR count). The molecule has 0 aliphatic rings. The predicted molar refractivity (Wildman–Crippen MR) is 113 cm³/mol. The molecule has 0 saturated carbocycles. The Hall–Kier alpha value is -3.57. The van der Waals surface area contributed by atoms with Gasteiger partial charge in [0.05, 0.1) is 42.0 Å². The van der Waals surface area contributed by atoms with Crippen molar-refractivity contribution in [2.75, 3.05) is 19.5 Å². The molecular formula is C21H19ClN4O4. The first-order chi connectivity index (χ1) is 14.5. The number of hydrogen-bond donors (Lipinski definition) is 1. The molecule has 1 aromatic heterocycles. The number of ether oxygens (including phenoxy) is 2. The molecule has 0 radical (unpaired) electrons. The van der Waals surface area contributed by atoms with Crippen LogP contribution < -0.4 is 20.3 Å². The highest BCUT2D eigenvalue weighted by atomic mass is 35.5. The number of halogens is 1. The molecule has 3 aromatic rings. The fourth-order valence-corrected chi connectivity index (χ4v) is 3.18. The molecule has 30 heavy (non-hydrogen) atoms. The minimum Gasteiger partial charge on any atom is -0.493 e. The van der Waals surface area contributed by atoms with Gasteiger partial charge in [-0.05, 0) is 30.7 Å². The number of rotatable bonds is 7. The topological polar surface area (TPSA) is 106 Å². The molecule has 0 aliphatic heterocycles. The molecule has 9 heteroatoms. The van der Waals surface area contributed by atoms with Gasteiger partial charge in [-0.3, -0.25) is 14.2 Å². The van der Waals surface area contributed by atoms with Crippen LogP contribution in [-0.4, -0.2) is 29.7 Å². The number of aryl methyl sites for hydroxylation is 1. The Labute approximate surface area is 177 Å². The van der Waals surface area contributed by atoms with Crippen LogP contribution in [0, 0.1) is 11.3 Å². The molecule has 154 valence electrons. The van der Waals surface area contributed by atoms with Gasteiger partial charge in [0.25, 0.3) is 5.56 Å². The third-order valence-electron chi connectivity index (χ3n) is 4.51. The van der Waals surface area contributed by atoms with Crippen LogP contribution in [0.2, 0.25) is 5.02 Å². The zero-order valence-electron chi connectivity index (χ0n) is 16.4. The number of hydrogen-bond acceptors (Lipinski definition) is 6. The number of anilines is 1. The van der Waals surface area contributed by atoms with Crippen molar-refractivity contribution >= 4 is 34.1 Å². The van der Waals surface area contributed by atoms with Crippen LogP contribution in [0.4, 0.5) is 5.69 Å². The quantitative estimate of drug-likeness (QED) is 0.620. The summed E-state index contributed by atoms with van der Waals surface area (Å²) in [7, 11) is 3.01. The maximum Gasteiger partial charge on any atom is 0.261 e. The number of carbonyl (C=O) groups is 1. The molecule has 0 saturated heterocycles. The van der Waals surface area contributed by atoms with Gasteiger partial charge in [-0.15, -0.1) is 0 Å². The Bertz CT molecular complexity index is 1200. The Morgan fingerprint density at radius 2 is 1.97 bits per heavy atom. The average Bonchev–Trinajstić information content (AvgIpc) is 2.74. The second-order valence-corrected chi connectivity index (χ2v) is 6.83. The molecule has 1 amide bonds. The molecule has 0 spiro atoms. The highest BCUT2D eigenvalue weighted by Crippen LogP contribution is 2.29. The normalized spacial score (nSPS) is 10.5. The van der Waals surface area contributed by atoms with E-state index in [2.05, 4.69) is 10.3 Å². The Morgan fingerprint density at radius 1 is 1.23 bits per heavy atom. The van der Waals surface area contributed by atoms with Crippen molar-refractivity contribution in [1.82, 2.24) is 9.55 Å². The molecule has 0 bridgehead atoms. The summed E-state index contributed by atoms with van der Waals surface area (Å²) in [5.41, 5.74) is 1.13. The monoisotopic (exact) mass is 426 g/mol. The molecule has 0 fully saturated rings. The van der Waals surface area contributed by atoms with Gasteiger partial charge in [-0.25, -0.2) is 4.98 Å². The highest BCUT2D eigenvalue weighted by Gasteiger charge is 2.12. The van der Waals surface area contributed by atoms with E-state index in [0.717, 1.165) is 0 Å². The van der Waals surface area contributed by atoms with E-state index in [4.69, 9.17) is 26.3 Å². The smallest absolute Gasteiger partial charge is 0.261 e. The first-order valence-electron chi connectivity index (χ1n) is 9.07. The molecule has 1 N–H and O–H groups in total. The zero-order chi connectivity index (χ0) is 21.7.